The topological polar surface area (TPSA) is 17.1 Å². The molecule has 2 saturated carbocycles. The molecule has 0 radical (unpaired) electrons. The summed E-state index contributed by atoms with van der Waals surface area (Å²) < 4.78 is 0. The molecular weight excluding hydrogens is 112 g/mol. The number of carbonyl (C=O) groups is 1. The van der Waals surface area contributed by atoms with Crippen molar-refractivity contribution in [1.29, 1.82) is 0 Å². The molecule has 0 amide bonds. The Kier molecular flexibility index (Phi) is 0.961. The van der Waals surface area contributed by atoms with Gasteiger partial charge in [0.25, 0.3) is 0 Å². The fourth-order valence-corrected chi connectivity index (χ4v) is 1.87. The van der Waals surface area contributed by atoms with Crippen molar-refractivity contribution >= 4 is 6.29 Å². The molecule has 50 valence electrons. The van der Waals surface area contributed by atoms with Crippen LogP contribution in [0.25, 0.3) is 0 Å². The Bertz CT molecular complexity index is 132. The van der Waals surface area contributed by atoms with Gasteiger partial charge in [-0.05, 0) is 31.6 Å². The minimum absolute atomic E-state index is 0.194. The maximum atomic E-state index is 10.6. The van der Waals surface area contributed by atoms with Crippen LogP contribution in [0.15, 0.2) is 0 Å². The Morgan fingerprint density at radius 2 is 2.00 bits per heavy atom. The highest BCUT2D eigenvalue weighted by Gasteiger charge is 2.48. The smallest absolute Gasteiger partial charge is 0.126 e. The summed E-state index contributed by atoms with van der Waals surface area (Å²) in [7, 11) is 0. The van der Waals surface area contributed by atoms with E-state index in [0.717, 1.165) is 5.92 Å². The van der Waals surface area contributed by atoms with Gasteiger partial charge < -0.3 is 4.79 Å². The van der Waals surface area contributed by atoms with Gasteiger partial charge in [0.15, 0.2) is 0 Å². The minimum atomic E-state index is 0.194. The lowest BCUT2D eigenvalue weighted by atomic mass is 9.66. The predicted molar refractivity (Wildman–Crippen MR) is 35.1 cm³/mol. The molecule has 9 heavy (non-hydrogen) atoms. The van der Waals surface area contributed by atoms with Gasteiger partial charge in [0, 0.05) is 5.41 Å². The van der Waals surface area contributed by atoms with Gasteiger partial charge in [-0.15, -0.1) is 0 Å². The Morgan fingerprint density at radius 1 is 1.33 bits per heavy atom. The van der Waals surface area contributed by atoms with Crippen LogP contribution in [0.4, 0.5) is 0 Å². The van der Waals surface area contributed by atoms with Crippen molar-refractivity contribution in [2.45, 2.75) is 32.1 Å². The van der Waals surface area contributed by atoms with E-state index in [9.17, 15) is 4.79 Å². The first-order valence-corrected chi connectivity index (χ1v) is 3.84. The highest BCUT2D eigenvalue weighted by atomic mass is 16.1. The van der Waals surface area contributed by atoms with Crippen molar-refractivity contribution in [2.75, 3.05) is 0 Å². The molecule has 0 saturated heterocycles. The SMILES string of the molecule is O=CC1(C2CC2)CCC1. The molecule has 0 atom stereocenters. The van der Waals surface area contributed by atoms with Crippen molar-refractivity contribution in [3.63, 3.8) is 0 Å². The lowest BCUT2D eigenvalue weighted by Crippen LogP contribution is -2.32. The number of hydrogen-bond acceptors (Lipinski definition) is 1. The average Bonchev–Trinajstić information content (AvgIpc) is 2.47. The van der Waals surface area contributed by atoms with Gasteiger partial charge in [-0.3, -0.25) is 0 Å². The van der Waals surface area contributed by atoms with Gasteiger partial charge in [0.05, 0.1) is 0 Å². The molecule has 2 aliphatic rings. The summed E-state index contributed by atoms with van der Waals surface area (Å²) in [5.74, 6) is 0.795. The number of aldehydes is 1. The third-order valence-corrected chi connectivity index (χ3v) is 2.91. The van der Waals surface area contributed by atoms with Crippen molar-refractivity contribution in [3.8, 4) is 0 Å². The van der Waals surface area contributed by atoms with E-state index in [0.29, 0.717) is 0 Å². The zero-order valence-electron chi connectivity index (χ0n) is 5.60. The highest BCUT2D eigenvalue weighted by molar-refractivity contribution is 5.62. The third kappa shape index (κ3) is 0.637. The van der Waals surface area contributed by atoms with Gasteiger partial charge in [-0.1, -0.05) is 6.42 Å². The molecule has 0 N–H and O–H groups in total. The second-order valence-electron chi connectivity index (χ2n) is 3.48. The van der Waals surface area contributed by atoms with Gasteiger partial charge in [0.2, 0.25) is 0 Å². The normalized spacial score (nSPS) is 31.1. The van der Waals surface area contributed by atoms with Crippen LogP contribution in [0.2, 0.25) is 0 Å². The summed E-state index contributed by atoms with van der Waals surface area (Å²) in [6.45, 7) is 0. The van der Waals surface area contributed by atoms with Crippen LogP contribution in [-0.4, -0.2) is 6.29 Å². The number of rotatable bonds is 2. The number of carbonyl (C=O) groups excluding carboxylic acids is 1. The van der Waals surface area contributed by atoms with E-state index in [-0.39, 0.29) is 5.41 Å². The molecule has 0 unspecified atom stereocenters. The lowest BCUT2D eigenvalue weighted by Gasteiger charge is -2.36. The van der Waals surface area contributed by atoms with Crippen molar-refractivity contribution in [3.05, 3.63) is 0 Å². The van der Waals surface area contributed by atoms with Gasteiger partial charge in [-0.2, -0.15) is 0 Å². The van der Waals surface area contributed by atoms with Crippen molar-refractivity contribution in [1.82, 2.24) is 0 Å². The van der Waals surface area contributed by atoms with E-state index < -0.39 is 0 Å². The zero-order valence-corrected chi connectivity index (χ0v) is 5.60. The van der Waals surface area contributed by atoms with Crippen LogP contribution >= 0.6 is 0 Å². The Balaban J connectivity index is 2.07. The highest BCUT2D eigenvalue weighted by Crippen LogP contribution is 2.55. The molecule has 0 aliphatic heterocycles. The van der Waals surface area contributed by atoms with E-state index in [2.05, 4.69) is 0 Å². The van der Waals surface area contributed by atoms with Crippen LogP contribution in [0.3, 0.4) is 0 Å². The monoisotopic (exact) mass is 124 g/mol. The van der Waals surface area contributed by atoms with Crippen LogP contribution < -0.4 is 0 Å². The fourth-order valence-electron chi connectivity index (χ4n) is 1.87. The molecule has 0 spiro atoms. The maximum absolute atomic E-state index is 10.6. The first kappa shape index (κ1) is 5.45. The van der Waals surface area contributed by atoms with E-state index in [1.165, 1.54) is 38.4 Å². The molecule has 0 heterocycles. The molecule has 0 bridgehead atoms. The molecule has 0 aromatic rings. The van der Waals surface area contributed by atoms with Crippen LogP contribution in [-0.2, 0) is 4.79 Å². The first-order valence-electron chi connectivity index (χ1n) is 3.84. The maximum Gasteiger partial charge on any atom is 0.126 e. The molecule has 2 rings (SSSR count). The standard InChI is InChI=1S/C8H12O/c9-6-8(4-1-5-8)7-2-3-7/h6-7H,1-5H2. The molecule has 1 heteroatoms. The molecular formula is C8H12O. The van der Waals surface area contributed by atoms with E-state index in [1.54, 1.807) is 0 Å². The Hall–Kier alpha value is -0.330. The van der Waals surface area contributed by atoms with Gasteiger partial charge in [0.1, 0.15) is 6.29 Å². The molecule has 0 aromatic carbocycles. The lowest BCUT2D eigenvalue weighted by molar-refractivity contribution is -0.122. The number of hydrogen-bond donors (Lipinski definition) is 0. The summed E-state index contributed by atoms with van der Waals surface area (Å²) in [5, 5.41) is 0. The van der Waals surface area contributed by atoms with Gasteiger partial charge in [-0.25, -0.2) is 0 Å². The first-order chi connectivity index (χ1) is 4.37. The van der Waals surface area contributed by atoms with Crippen LogP contribution in [0.1, 0.15) is 32.1 Å². The minimum Gasteiger partial charge on any atom is -0.303 e. The average molecular weight is 124 g/mol. The quantitative estimate of drug-likeness (QED) is 0.513. The van der Waals surface area contributed by atoms with Crippen molar-refractivity contribution in [2.24, 2.45) is 11.3 Å². The summed E-state index contributed by atoms with van der Waals surface area (Å²) in [6, 6.07) is 0. The fraction of sp³-hybridized carbons (Fsp3) is 0.875. The van der Waals surface area contributed by atoms with Crippen molar-refractivity contribution < 1.29 is 4.79 Å². The van der Waals surface area contributed by atoms with E-state index in [4.69, 9.17) is 0 Å². The molecule has 0 aromatic heterocycles. The molecule has 2 aliphatic carbocycles. The predicted octanol–water partition coefficient (Wildman–Crippen LogP) is 1.77. The Morgan fingerprint density at radius 3 is 2.11 bits per heavy atom. The Labute approximate surface area is 55.4 Å². The molecule has 1 nitrogen and oxygen atoms in total. The van der Waals surface area contributed by atoms with Crippen LogP contribution in [0, 0.1) is 11.3 Å². The van der Waals surface area contributed by atoms with E-state index >= 15 is 0 Å². The summed E-state index contributed by atoms with van der Waals surface area (Å²) >= 11 is 0. The summed E-state index contributed by atoms with van der Waals surface area (Å²) in [5.41, 5.74) is 0.194. The summed E-state index contributed by atoms with van der Waals surface area (Å²) in [4.78, 5) is 10.6. The second kappa shape index (κ2) is 1.59. The molecule has 2 fully saturated rings. The van der Waals surface area contributed by atoms with Crippen LogP contribution in [0.5, 0.6) is 0 Å². The summed E-state index contributed by atoms with van der Waals surface area (Å²) in [6.07, 6.45) is 7.50. The zero-order chi connectivity index (χ0) is 6.32. The van der Waals surface area contributed by atoms with E-state index in [1.807, 2.05) is 0 Å². The van der Waals surface area contributed by atoms with Gasteiger partial charge >= 0.3 is 0 Å². The second-order valence-corrected chi connectivity index (χ2v) is 3.48. The third-order valence-electron chi connectivity index (χ3n) is 2.91. The largest absolute Gasteiger partial charge is 0.303 e.